The molecule has 14 heteroatoms. The van der Waals surface area contributed by atoms with Crippen LogP contribution in [-0.2, 0) is 61.9 Å². The monoisotopic (exact) mass is 716 g/mol. The molecule has 14 nitrogen and oxygen atoms in total. The lowest BCUT2D eigenvalue weighted by Crippen LogP contribution is -2.83. The Bertz CT molecular complexity index is 1640. The molecule has 4 saturated carbocycles. The molecule has 1 N–H and O–H groups in total. The Morgan fingerprint density at radius 3 is 2.00 bits per heavy atom. The van der Waals surface area contributed by atoms with Gasteiger partial charge in [-0.1, -0.05) is 33.4 Å². The zero-order valence-corrected chi connectivity index (χ0v) is 30.6. The molecular formula is C37H48O14. The molecular weight excluding hydrogens is 668 g/mol. The summed E-state index contributed by atoms with van der Waals surface area (Å²) in [6.45, 7) is 16.0. The van der Waals surface area contributed by atoms with Crippen LogP contribution in [0.5, 0.6) is 0 Å². The summed E-state index contributed by atoms with van der Waals surface area (Å²) in [6.07, 6.45) is -2.59. The summed E-state index contributed by atoms with van der Waals surface area (Å²) in [4.78, 5) is 78.8. The van der Waals surface area contributed by atoms with E-state index in [0.717, 1.165) is 0 Å². The maximum absolute atomic E-state index is 13.8. The molecule has 0 bridgehead atoms. The highest BCUT2D eigenvalue weighted by Crippen LogP contribution is 2.78. The van der Waals surface area contributed by atoms with Crippen LogP contribution in [0, 0.1) is 39.4 Å². The molecule has 14 unspecified atom stereocenters. The third kappa shape index (κ3) is 4.66. The number of epoxide rings is 1. The lowest BCUT2D eigenvalue weighted by molar-refractivity contribution is -0.352. The molecule has 1 saturated heterocycles. The predicted molar refractivity (Wildman–Crippen MR) is 173 cm³/mol. The maximum Gasteiger partial charge on any atom is 0.342 e. The summed E-state index contributed by atoms with van der Waals surface area (Å²) in [5.41, 5.74) is -8.59. The number of carbonyl (C=O) groups is 6. The Hall–Kier alpha value is -3.78. The van der Waals surface area contributed by atoms with Crippen LogP contribution in [0.3, 0.4) is 0 Å². The van der Waals surface area contributed by atoms with Crippen molar-refractivity contribution in [2.75, 3.05) is 13.7 Å². The minimum absolute atomic E-state index is 0.0733. The van der Waals surface area contributed by atoms with Crippen LogP contribution in [0.15, 0.2) is 24.3 Å². The number of ether oxygens (including phenoxy) is 7. The lowest BCUT2D eigenvalue weighted by atomic mass is 9.32. The molecule has 0 aromatic rings. The van der Waals surface area contributed by atoms with E-state index in [9.17, 15) is 33.9 Å². The van der Waals surface area contributed by atoms with Crippen molar-refractivity contribution in [2.45, 2.75) is 116 Å². The van der Waals surface area contributed by atoms with Gasteiger partial charge in [0.1, 0.15) is 31.0 Å². The highest BCUT2D eigenvalue weighted by atomic mass is 16.7. The summed E-state index contributed by atoms with van der Waals surface area (Å²) in [7, 11) is 1.19. The fraction of sp³-hybridized carbons (Fsp3) is 0.730. The van der Waals surface area contributed by atoms with Gasteiger partial charge >= 0.3 is 35.8 Å². The van der Waals surface area contributed by atoms with Crippen molar-refractivity contribution in [3.8, 4) is 0 Å². The smallest absolute Gasteiger partial charge is 0.342 e. The van der Waals surface area contributed by atoms with Gasteiger partial charge in [-0.15, -0.1) is 0 Å². The van der Waals surface area contributed by atoms with Crippen LogP contribution in [-0.4, -0.2) is 96.4 Å². The molecule has 2 aliphatic heterocycles. The summed E-state index contributed by atoms with van der Waals surface area (Å²) in [5.74, 6) is -6.62. The van der Waals surface area contributed by atoms with Crippen LogP contribution >= 0.6 is 0 Å². The largest absolute Gasteiger partial charge is 0.467 e. The van der Waals surface area contributed by atoms with Crippen molar-refractivity contribution in [3.63, 3.8) is 0 Å². The first kappa shape index (κ1) is 37.0. The minimum atomic E-state index is -1.92. The summed E-state index contributed by atoms with van der Waals surface area (Å²) in [6, 6.07) is 0. The van der Waals surface area contributed by atoms with Gasteiger partial charge in [0.2, 0.25) is 5.60 Å². The van der Waals surface area contributed by atoms with E-state index in [1.807, 2.05) is 13.8 Å². The first-order valence-electron chi connectivity index (χ1n) is 17.3. The summed E-state index contributed by atoms with van der Waals surface area (Å²) >= 11 is 0. The van der Waals surface area contributed by atoms with Crippen LogP contribution in [0.2, 0.25) is 0 Å². The van der Waals surface area contributed by atoms with E-state index >= 15 is 0 Å². The molecule has 0 aromatic carbocycles. The number of allylic oxidation sites excluding steroid dienone is 1. The number of methoxy groups -OCH3 is 1. The molecule has 5 fully saturated rings. The Balaban J connectivity index is 1.69. The molecule has 4 aliphatic carbocycles. The van der Waals surface area contributed by atoms with Gasteiger partial charge in [0, 0.05) is 56.9 Å². The zero-order chi connectivity index (χ0) is 37.9. The lowest BCUT2D eigenvalue weighted by Gasteiger charge is -2.74. The fourth-order valence-electron chi connectivity index (χ4n) is 12.0. The highest BCUT2D eigenvalue weighted by molar-refractivity contribution is 5.87. The third-order valence-corrected chi connectivity index (χ3v) is 13.6. The fourth-order valence-corrected chi connectivity index (χ4v) is 12.0. The molecule has 14 atom stereocenters. The average molecular weight is 717 g/mol. The van der Waals surface area contributed by atoms with E-state index in [0.29, 0.717) is 12.0 Å². The Morgan fingerprint density at radius 1 is 0.863 bits per heavy atom. The number of esters is 6. The van der Waals surface area contributed by atoms with Crippen molar-refractivity contribution in [1.29, 1.82) is 0 Å². The van der Waals surface area contributed by atoms with Crippen LogP contribution < -0.4 is 0 Å². The van der Waals surface area contributed by atoms with E-state index < -0.39 is 117 Å². The van der Waals surface area contributed by atoms with E-state index in [4.69, 9.17) is 33.2 Å². The first-order valence-corrected chi connectivity index (χ1v) is 17.3. The quantitative estimate of drug-likeness (QED) is 0.189. The number of rotatable bonds is 5. The minimum Gasteiger partial charge on any atom is -0.467 e. The van der Waals surface area contributed by atoms with Gasteiger partial charge in [0.15, 0.2) is 6.10 Å². The van der Waals surface area contributed by atoms with Crippen LogP contribution in [0.25, 0.3) is 0 Å². The molecule has 280 valence electrons. The normalized spacial score (nSPS) is 47.6. The number of fused-ring (bicyclic) bond motifs is 9. The molecule has 0 spiro atoms. The van der Waals surface area contributed by atoms with Crippen molar-refractivity contribution in [1.82, 2.24) is 0 Å². The molecule has 51 heavy (non-hydrogen) atoms. The van der Waals surface area contributed by atoms with Crippen LogP contribution in [0.4, 0.5) is 0 Å². The van der Waals surface area contributed by atoms with Crippen molar-refractivity contribution < 1.29 is 67.0 Å². The van der Waals surface area contributed by atoms with Crippen molar-refractivity contribution in [3.05, 3.63) is 24.3 Å². The summed E-state index contributed by atoms with van der Waals surface area (Å²) in [5, 5.41) is 13.5. The Kier molecular flexibility index (Phi) is 8.42. The molecule has 2 heterocycles. The van der Waals surface area contributed by atoms with E-state index in [1.165, 1.54) is 40.9 Å². The Morgan fingerprint density at radius 2 is 1.43 bits per heavy atom. The van der Waals surface area contributed by atoms with Gasteiger partial charge in [0.05, 0.1) is 18.1 Å². The van der Waals surface area contributed by atoms with E-state index in [-0.39, 0.29) is 19.4 Å². The van der Waals surface area contributed by atoms with Crippen LogP contribution in [0.1, 0.15) is 74.7 Å². The number of aliphatic hydroxyl groups is 1. The zero-order valence-electron chi connectivity index (χ0n) is 30.6. The number of hydrogen-bond donors (Lipinski definition) is 1. The molecule has 6 aliphatic rings. The van der Waals surface area contributed by atoms with Gasteiger partial charge in [0.25, 0.3) is 0 Å². The average Bonchev–Trinajstić information content (AvgIpc) is 3.81. The summed E-state index contributed by atoms with van der Waals surface area (Å²) < 4.78 is 41.7. The van der Waals surface area contributed by atoms with Gasteiger partial charge in [-0.05, 0) is 42.6 Å². The van der Waals surface area contributed by atoms with Gasteiger partial charge in [-0.25, -0.2) is 9.59 Å². The predicted octanol–water partition coefficient (Wildman–Crippen LogP) is 2.52. The topological polar surface area (TPSA) is 191 Å². The van der Waals surface area contributed by atoms with Gasteiger partial charge in [-0.3, -0.25) is 19.2 Å². The van der Waals surface area contributed by atoms with E-state index in [2.05, 4.69) is 6.58 Å². The van der Waals surface area contributed by atoms with Gasteiger partial charge in [-0.2, -0.15) is 0 Å². The third-order valence-electron chi connectivity index (χ3n) is 13.6. The molecule has 0 amide bonds. The Labute approximate surface area is 296 Å². The SMILES string of the molecule is C=C1CC2(O)C3CCC4(C)C5C=CC(=O)OCC5(C)C(OC(C)=O)C(OC(C)=O)C4C3(C)C(OC(C)=O)C(OC(C)=O)C2(C)C2(C(=O)OC)OC12. The second kappa shape index (κ2) is 11.6. The van der Waals surface area contributed by atoms with Gasteiger partial charge < -0.3 is 38.3 Å². The highest BCUT2D eigenvalue weighted by Gasteiger charge is 2.90. The second-order valence-corrected chi connectivity index (χ2v) is 16.2. The second-order valence-electron chi connectivity index (χ2n) is 16.2. The molecule has 0 radical (unpaired) electrons. The van der Waals surface area contributed by atoms with Crippen molar-refractivity contribution >= 4 is 35.8 Å². The van der Waals surface area contributed by atoms with E-state index in [1.54, 1.807) is 19.9 Å². The first-order chi connectivity index (χ1) is 23.6. The molecule has 6 rings (SSSR count). The standard InChI is InChI=1S/C37H48O14/c1-17-15-36(44)23-13-14-32(6)22-11-12-24(42)46-16-33(22,7)28(48-19(3)39)25(47-18(2)38)26(32)34(23,8)29(49-20(4)40)30(50-21(5)41)35(36,9)37(27(17)51-37)31(43)45-10/h11-12,22-23,25-30,44H,1,13-16H2,2-10H3. The number of hydrogen-bond acceptors (Lipinski definition) is 14. The number of cyclic esters (lactones) is 1. The maximum atomic E-state index is 13.8. The molecule has 0 aromatic heterocycles. The van der Waals surface area contributed by atoms with Crippen molar-refractivity contribution in [2.24, 2.45) is 39.4 Å². The number of carbonyl (C=O) groups excluding carboxylic acids is 6.